The monoisotopic (exact) mass is 579 g/mol. The molecule has 2 heterocycles. The highest BCUT2D eigenvalue weighted by Crippen LogP contribution is 2.27. The van der Waals surface area contributed by atoms with Gasteiger partial charge in [0, 0.05) is 42.6 Å². The molecule has 0 bridgehead atoms. The molecule has 0 radical (unpaired) electrons. The maximum Gasteiger partial charge on any atom is 0.243 e. The van der Waals surface area contributed by atoms with Crippen molar-refractivity contribution >= 4 is 42.7 Å². The Bertz CT molecular complexity index is 1460. The Morgan fingerprint density at radius 3 is 2.30 bits per heavy atom. The van der Waals surface area contributed by atoms with Crippen LogP contribution in [0.1, 0.15) is 24.4 Å². The van der Waals surface area contributed by atoms with E-state index < -0.39 is 10.0 Å². The number of nitrogens with one attached hydrogen (secondary N) is 1. The van der Waals surface area contributed by atoms with Gasteiger partial charge in [0.25, 0.3) is 0 Å². The van der Waals surface area contributed by atoms with Crippen molar-refractivity contribution in [2.75, 3.05) is 38.0 Å². The summed E-state index contributed by atoms with van der Waals surface area (Å²) in [4.78, 5) is 12.4. The summed E-state index contributed by atoms with van der Waals surface area (Å²) in [6, 6.07) is 25.2. The highest BCUT2D eigenvalue weighted by atomic mass is 79.9. The van der Waals surface area contributed by atoms with E-state index in [1.807, 2.05) is 30.3 Å². The topological polar surface area (TPSA) is 78.4 Å². The second-order valence-electron chi connectivity index (χ2n) is 9.18. The quantitative estimate of drug-likeness (QED) is 0.312. The van der Waals surface area contributed by atoms with E-state index in [1.165, 1.54) is 5.56 Å². The van der Waals surface area contributed by atoms with Crippen molar-refractivity contribution in [2.45, 2.75) is 24.3 Å². The van der Waals surface area contributed by atoms with Gasteiger partial charge in [0.2, 0.25) is 10.0 Å². The summed E-state index contributed by atoms with van der Waals surface area (Å²) < 4.78 is 28.6. The normalized spacial score (nSPS) is 16.1. The third-order valence-electron chi connectivity index (χ3n) is 6.82. The van der Waals surface area contributed by atoms with Crippen LogP contribution in [-0.4, -0.2) is 60.3 Å². The van der Waals surface area contributed by atoms with E-state index >= 15 is 0 Å². The minimum atomic E-state index is -3.52. The minimum Gasteiger partial charge on any atom is -0.369 e. The maximum atomic E-state index is 13.1. The van der Waals surface area contributed by atoms with Gasteiger partial charge in [-0.05, 0) is 55.3 Å². The van der Waals surface area contributed by atoms with Crippen LogP contribution in [0.4, 0.5) is 5.82 Å². The Morgan fingerprint density at radius 1 is 0.892 bits per heavy atom. The van der Waals surface area contributed by atoms with Gasteiger partial charge in [-0.1, -0.05) is 58.4 Å². The smallest absolute Gasteiger partial charge is 0.243 e. The Labute approximate surface area is 226 Å². The molecule has 192 valence electrons. The number of anilines is 1. The molecule has 1 aliphatic rings. The summed E-state index contributed by atoms with van der Waals surface area (Å²) >= 11 is 3.37. The van der Waals surface area contributed by atoms with E-state index in [0.717, 1.165) is 40.0 Å². The predicted octanol–water partition coefficient (Wildman–Crippen LogP) is 5.11. The molecule has 0 aliphatic carbocycles. The first-order valence-corrected chi connectivity index (χ1v) is 14.7. The molecular formula is C28H30BrN5O2S. The first-order valence-electron chi connectivity index (χ1n) is 12.5. The van der Waals surface area contributed by atoms with Gasteiger partial charge in [-0.15, -0.1) is 0 Å². The first kappa shape index (κ1) is 25.8. The second kappa shape index (κ2) is 11.3. The SMILES string of the molecule is C[C@@H](c1nc(NCCc2ccccc2)c2ccccc2n1)N1CCN(S(=O)(=O)c2ccc(Br)cc2)CC1. The van der Waals surface area contributed by atoms with Crippen LogP contribution in [0, 0.1) is 0 Å². The van der Waals surface area contributed by atoms with Crippen molar-refractivity contribution in [1.29, 1.82) is 0 Å². The molecule has 9 heteroatoms. The molecule has 1 fully saturated rings. The van der Waals surface area contributed by atoms with Crippen LogP contribution in [0.2, 0.25) is 0 Å². The van der Waals surface area contributed by atoms with Crippen LogP contribution < -0.4 is 5.32 Å². The molecule has 7 nitrogen and oxygen atoms in total. The molecule has 3 aromatic carbocycles. The molecule has 5 rings (SSSR count). The molecule has 0 spiro atoms. The average molecular weight is 581 g/mol. The number of hydrogen-bond acceptors (Lipinski definition) is 6. The van der Waals surface area contributed by atoms with Crippen LogP contribution in [0.5, 0.6) is 0 Å². The van der Waals surface area contributed by atoms with Crippen LogP contribution >= 0.6 is 15.9 Å². The van der Waals surface area contributed by atoms with Crippen molar-refractivity contribution in [3.05, 3.63) is 94.7 Å². The van der Waals surface area contributed by atoms with Crippen LogP contribution in [0.15, 0.2) is 88.2 Å². The third kappa shape index (κ3) is 5.85. The summed E-state index contributed by atoms with van der Waals surface area (Å²) in [6.45, 7) is 4.95. The van der Waals surface area contributed by atoms with Gasteiger partial charge >= 0.3 is 0 Å². The number of piperazine rings is 1. The molecule has 1 saturated heterocycles. The van der Waals surface area contributed by atoms with Gasteiger partial charge in [0.15, 0.2) is 0 Å². The third-order valence-corrected chi connectivity index (χ3v) is 9.26. The molecule has 0 amide bonds. The molecule has 1 atom stereocenters. The number of rotatable bonds is 8. The Morgan fingerprint density at radius 2 is 1.57 bits per heavy atom. The first-order chi connectivity index (χ1) is 17.9. The highest BCUT2D eigenvalue weighted by Gasteiger charge is 2.31. The molecule has 0 saturated carbocycles. The van der Waals surface area contributed by atoms with Crippen molar-refractivity contribution in [1.82, 2.24) is 19.2 Å². The fraction of sp³-hybridized carbons (Fsp3) is 0.286. The average Bonchev–Trinajstić information content (AvgIpc) is 2.93. The maximum absolute atomic E-state index is 13.1. The molecule has 1 aromatic heterocycles. The number of benzene rings is 3. The van der Waals surface area contributed by atoms with Crippen molar-refractivity contribution < 1.29 is 8.42 Å². The minimum absolute atomic E-state index is 0.0446. The van der Waals surface area contributed by atoms with Gasteiger partial charge in [-0.2, -0.15) is 4.31 Å². The van der Waals surface area contributed by atoms with Crippen LogP contribution in [0.3, 0.4) is 0 Å². The van der Waals surface area contributed by atoms with Crippen molar-refractivity contribution in [3.63, 3.8) is 0 Å². The fourth-order valence-electron chi connectivity index (χ4n) is 4.64. The second-order valence-corrected chi connectivity index (χ2v) is 12.0. The fourth-order valence-corrected chi connectivity index (χ4v) is 6.32. The Kier molecular flexibility index (Phi) is 7.85. The predicted molar refractivity (Wildman–Crippen MR) is 151 cm³/mol. The zero-order valence-electron chi connectivity index (χ0n) is 20.7. The van der Waals surface area contributed by atoms with Gasteiger partial charge in [0.05, 0.1) is 16.5 Å². The molecule has 1 aliphatic heterocycles. The lowest BCUT2D eigenvalue weighted by Gasteiger charge is -2.36. The van der Waals surface area contributed by atoms with E-state index in [-0.39, 0.29) is 6.04 Å². The number of aromatic nitrogens is 2. The molecular weight excluding hydrogens is 550 g/mol. The van der Waals surface area contributed by atoms with E-state index in [1.54, 1.807) is 28.6 Å². The number of halogens is 1. The van der Waals surface area contributed by atoms with E-state index in [4.69, 9.17) is 9.97 Å². The number of hydrogen-bond donors (Lipinski definition) is 1. The van der Waals surface area contributed by atoms with E-state index in [0.29, 0.717) is 31.1 Å². The Balaban J connectivity index is 1.29. The molecule has 0 unspecified atom stereocenters. The lowest BCUT2D eigenvalue weighted by Crippen LogP contribution is -2.49. The van der Waals surface area contributed by atoms with Crippen molar-refractivity contribution in [3.8, 4) is 0 Å². The van der Waals surface area contributed by atoms with Crippen LogP contribution in [-0.2, 0) is 16.4 Å². The van der Waals surface area contributed by atoms with Crippen LogP contribution in [0.25, 0.3) is 10.9 Å². The Hall–Kier alpha value is -2.85. The number of para-hydroxylation sites is 1. The molecule has 1 N–H and O–H groups in total. The summed E-state index contributed by atoms with van der Waals surface area (Å²) in [6.07, 6.45) is 0.902. The van der Waals surface area contributed by atoms with E-state index in [2.05, 4.69) is 57.3 Å². The van der Waals surface area contributed by atoms with Gasteiger partial charge < -0.3 is 5.32 Å². The zero-order valence-corrected chi connectivity index (χ0v) is 23.1. The highest BCUT2D eigenvalue weighted by molar-refractivity contribution is 9.10. The van der Waals surface area contributed by atoms with Crippen molar-refractivity contribution in [2.24, 2.45) is 0 Å². The number of sulfonamides is 1. The standard InChI is InChI=1S/C28H30BrN5O2S/c1-21(33-17-19-34(20-18-33)37(35,36)24-13-11-23(29)12-14-24)27-31-26-10-6-5-9-25(26)28(32-27)30-16-15-22-7-3-2-4-8-22/h2-14,21H,15-20H2,1H3,(H,30,31,32)/t21-/m0/s1. The lowest BCUT2D eigenvalue weighted by molar-refractivity contribution is 0.141. The van der Waals surface area contributed by atoms with E-state index in [9.17, 15) is 8.42 Å². The number of fused-ring (bicyclic) bond motifs is 1. The summed E-state index contributed by atoms with van der Waals surface area (Å²) in [5, 5.41) is 4.52. The summed E-state index contributed by atoms with van der Waals surface area (Å²) in [5.41, 5.74) is 2.18. The zero-order chi connectivity index (χ0) is 25.8. The molecule has 4 aromatic rings. The summed E-state index contributed by atoms with van der Waals surface area (Å²) in [7, 11) is -3.52. The van der Waals surface area contributed by atoms with Gasteiger partial charge in [-0.25, -0.2) is 18.4 Å². The van der Waals surface area contributed by atoms with Gasteiger partial charge in [-0.3, -0.25) is 4.90 Å². The van der Waals surface area contributed by atoms with Gasteiger partial charge in [0.1, 0.15) is 11.6 Å². The largest absolute Gasteiger partial charge is 0.369 e. The number of nitrogens with zero attached hydrogens (tertiary/aromatic N) is 4. The summed E-state index contributed by atoms with van der Waals surface area (Å²) in [5.74, 6) is 1.57. The lowest BCUT2D eigenvalue weighted by atomic mass is 10.1. The molecule has 37 heavy (non-hydrogen) atoms.